The summed E-state index contributed by atoms with van der Waals surface area (Å²) in [6.07, 6.45) is 1.56. The molecule has 0 bridgehead atoms. The Morgan fingerprint density at radius 2 is 1.77 bits per heavy atom. The number of nitrogen functional groups attached to an aromatic ring is 1. The van der Waals surface area contributed by atoms with E-state index in [-0.39, 0.29) is 29.3 Å². The maximum atomic E-state index is 12.1. The van der Waals surface area contributed by atoms with E-state index in [0.29, 0.717) is 11.3 Å². The molecule has 3 N–H and O–H groups in total. The first-order valence-corrected chi connectivity index (χ1v) is 9.12. The summed E-state index contributed by atoms with van der Waals surface area (Å²) in [6, 6.07) is 16.8. The van der Waals surface area contributed by atoms with Gasteiger partial charge in [0.15, 0.2) is 11.5 Å². The largest absolute Gasteiger partial charge is 0.401 e. The maximum Gasteiger partial charge on any atom is 0.320 e. The number of amides is 1. The van der Waals surface area contributed by atoms with Crippen molar-refractivity contribution in [2.45, 2.75) is 0 Å². The molecule has 0 atom stereocenters. The maximum absolute atomic E-state index is 12.1. The van der Waals surface area contributed by atoms with Gasteiger partial charge >= 0.3 is 6.01 Å². The summed E-state index contributed by atoms with van der Waals surface area (Å²) in [4.78, 5) is 22.3. The molecule has 0 saturated heterocycles. The summed E-state index contributed by atoms with van der Waals surface area (Å²) in [5.74, 6) is 0.252. The van der Waals surface area contributed by atoms with Crippen LogP contribution in [0.2, 0.25) is 0 Å². The third kappa shape index (κ3) is 3.95. The summed E-state index contributed by atoms with van der Waals surface area (Å²) in [6.45, 7) is 0. The van der Waals surface area contributed by atoms with Gasteiger partial charge in [0.2, 0.25) is 0 Å². The van der Waals surface area contributed by atoms with Crippen LogP contribution in [0.15, 0.2) is 65.2 Å². The van der Waals surface area contributed by atoms with E-state index in [2.05, 4.69) is 25.5 Å². The van der Waals surface area contributed by atoms with Crippen molar-refractivity contribution < 1.29 is 9.21 Å². The van der Waals surface area contributed by atoms with Gasteiger partial charge in [-0.05, 0) is 24.3 Å². The first kappa shape index (κ1) is 19.1. The Bertz CT molecular complexity index is 1170. The molecular weight excluding hydrogens is 382 g/mol. The van der Waals surface area contributed by atoms with Crippen LogP contribution in [0, 0.1) is 0 Å². The van der Waals surface area contributed by atoms with Crippen molar-refractivity contribution in [2.24, 2.45) is 0 Å². The lowest BCUT2D eigenvalue weighted by Gasteiger charge is -2.10. The number of anilines is 3. The molecule has 9 nitrogen and oxygen atoms in total. The topological polar surface area (TPSA) is 123 Å². The molecule has 0 unspecified atom stereocenters. The van der Waals surface area contributed by atoms with Crippen LogP contribution >= 0.6 is 0 Å². The van der Waals surface area contributed by atoms with Crippen LogP contribution in [0.5, 0.6) is 0 Å². The van der Waals surface area contributed by atoms with Crippen molar-refractivity contribution in [3.05, 3.63) is 66.4 Å². The number of carbonyl (C=O) groups is 1. The van der Waals surface area contributed by atoms with Gasteiger partial charge in [0.25, 0.3) is 11.8 Å². The SMILES string of the molecule is CN(C)C(=O)c1ccc(-c2cnc(N)c(-c3nnc(Nc4ccccc4)o3)n2)cc1. The Morgan fingerprint density at radius 3 is 2.47 bits per heavy atom. The second-order valence-electron chi connectivity index (χ2n) is 6.67. The molecule has 0 aliphatic heterocycles. The Morgan fingerprint density at radius 1 is 1.03 bits per heavy atom. The Labute approximate surface area is 172 Å². The standard InChI is InChI=1S/C21H19N7O2/c1-28(2)20(29)14-10-8-13(9-11-14)16-12-23-18(22)17(25-16)19-26-27-21(30-19)24-15-6-4-3-5-7-15/h3-12H,1-2H3,(H2,22,23)(H,24,27). The van der Waals surface area contributed by atoms with Crippen molar-refractivity contribution in [3.63, 3.8) is 0 Å². The molecule has 0 aliphatic rings. The van der Waals surface area contributed by atoms with E-state index in [1.54, 1.807) is 44.6 Å². The Kier molecular flexibility index (Phi) is 5.08. The van der Waals surface area contributed by atoms with Crippen LogP contribution in [-0.2, 0) is 0 Å². The molecule has 2 heterocycles. The van der Waals surface area contributed by atoms with Gasteiger partial charge in [0.05, 0.1) is 11.9 Å². The molecule has 0 saturated carbocycles. The average molecular weight is 401 g/mol. The lowest BCUT2D eigenvalue weighted by atomic mass is 10.1. The highest BCUT2D eigenvalue weighted by atomic mass is 16.4. The monoisotopic (exact) mass is 401 g/mol. The highest BCUT2D eigenvalue weighted by molar-refractivity contribution is 5.94. The number of hydrogen-bond acceptors (Lipinski definition) is 8. The Balaban J connectivity index is 1.60. The van der Waals surface area contributed by atoms with Crippen LogP contribution in [0.3, 0.4) is 0 Å². The number of nitrogens with one attached hydrogen (secondary N) is 1. The zero-order valence-electron chi connectivity index (χ0n) is 16.4. The van der Waals surface area contributed by atoms with Crippen LogP contribution in [-0.4, -0.2) is 45.1 Å². The fraction of sp³-hybridized carbons (Fsp3) is 0.0952. The number of nitrogens with two attached hydrogens (primary N) is 1. The zero-order valence-corrected chi connectivity index (χ0v) is 16.4. The van der Waals surface area contributed by atoms with Crippen molar-refractivity contribution in [1.82, 2.24) is 25.1 Å². The fourth-order valence-electron chi connectivity index (χ4n) is 2.75. The highest BCUT2D eigenvalue weighted by Crippen LogP contribution is 2.27. The van der Waals surface area contributed by atoms with Gasteiger partial charge in [0, 0.05) is 30.9 Å². The highest BCUT2D eigenvalue weighted by Gasteiger charge is 2.16. The number of carbonyl (C=O) groups excluding carboxylic acids is 1. The molecule has 0 fully saturated rings. The molecule has 2 aromatic heterocycles. The van der Waals surface area contributed by atoms with Crippen molar-refractivity contribution in [3.8, 4) is 22.8 Å². The third-order valence-corrected chi connectivity index (χ3v) is 4.29. The van der Waals surface area contributed by atoms with Crippen molar-refractivity contribution >= 4 is 23.4 Å². The number of hydrogen-bond donors (Lipinski definition) is 2. The predicted molar refractivity (Wildman–Crippen MR) is 113 cm³/mol. The Hall–Kier alpha value is -4.27. The van der Waals surface area contributed by atoms with E-state index < -0.39 is 0 Å². The van der Waals surface area contributed by atoms with Gasteiger partial charge in [-0.15, -0.1) is 5.10 Å². The molecule has 4 aromatic rings. The quantitative estimate of drug-likeness (QED) is 0.522. The van der Waals surface area contributed by atoms with E-state index in [0.717, 1.165) is 11.3 Å². The van der Waals surface area contributed by atoms with Crippen molar-refractivity contribution in [2.75, 3.05) is 25.1 Å². The number of aromatic nitrogens is 4. The molecule has 1 amide bonds. The lowest BCUT2D eigenvalue weighted by Crippen LogP contribution is -2.21. The van der Waals surface area contributed by atoms with E-state index >= 15 is 0 Å². The van der Waals surface area contributed by atoms with E-state index in [1.807, 2.05) is 30.3 Å². The van der Waals surface area contributed by atoms with Gasteiger partial charge in [-0.2, -0.15) is 0 Å². The summed E-state index contributed by atoms with van der Waals surface area (Å²) in [5, 5.41) is 11.0. The van der Waals surface area contributed by atoms with Crippen LogP contribution in [0.4, 0.5) is 17.5 Å². The van der Waals surface area contributed by atoms with Gasteiger partial charge in [-0.25, -0.2) is 9.97 Å². The van der Waals surface area contributed by atoms with Crippen LogP contribution < -0.4 is 11.1 Å². The minimum atomic E-state index is -0.0741. The predicted octanol–water partition coefficient (Wildman–Crippen LogP) is 3.22. The summed E-state index contributed by atoms with van der Waals surface area (Å²) >= 11 is 0. The summed E-state index contributed by atoms with van der Waals surface area (Å²) < 4.78 is 5.66. The molecule has 0 spiro atoms. The molecule has 2 aromatic carbocycles. The summed E-state index contributed by atoms with van der Waals surface area (Å²) in [7, 11) is 3.42. The molecule has 30 heavy (non-hydrogen) atoms. The van der Waals surface area contributed by atoms with Gasteiger partial charge in [-0.3, -0.25) is 4.79 Å². The minimum absolute atomic E-state index is 0.0741. The zero-order chi connectivity index (χ0) is 21.1. The van der Waals surface area contributed by atoms with E-state index in [4.69, 9.17) is 10.2 Å². The van der Waals surface area contributed by atoms with Gasteiger partial charge < -0.3 is 20.4 Å². The van der Waals surface area contributed by atoms with Crippen LogP contribution in [0.25, 0.3) is 22.8 Å². The number of nitrogens with zero attached hydrogens (tertiary/aromatic N) is 5. The third-order valence-electron chi connectivity index (χ3n) is 4.29. The number of rotatable bonds is 5. The smallest absolute Gasteiger partial charge is 0.320 e. The second kappa shape index (κ2) is 8.00. The molecule has 4 rings (SSSR count). The first-order chi connectivity index (χ1) is 14.5. The van der Waals surface area contributed by atoms with Gasteiger partial charge in [0.1, 0.15) is 0 Å². The van der Waals surface area contributed by atoms with Gasteiger partial charge in [-0.1, -0.05) is 35.4 Å². The average Bonchev–Trinajstić information content (AvgIpc) is 3.22. The van der Waals surface area contributed by atoms with Crippen LogP contribution in [0.1, 0.15) is 10.4 Å². The first-order valence-electron chi connectivity index (χ1n) is 9.12. The fourth-order valence-corrected chi connectivity index (χ4v) is 2.75. The summed E-state index contributed by atoms with van der Waals surface area (Å²) in [5.41, 5.74) is 9.02. The normalized spacial score (nSPS) is 10.6. The number of benzene rings is 2. The lowest BCUT2D eigenvalue weighted by molar-refractivity contribution is 0.0827. The minimum Gasteiger partial charge on any atom is -0.401 e. The molecule has 150 valence electrons. The molecule has 0 radical (unpaired) electrons. The van der Waals surface area contributed by atoms with E-state index in [9.17, 15) is 4.79 Å². The molecule has 9 heteroatoms. The molecule has 0 aliphatic carbocycles. The van der Waals surface area contributed by atoms with Crippen molar-refractivity contribution in [1.29, 1.82) is 0 Å². The molecular formula is C21H19N7O2. The number of para-hydroxylation sites is 1. The second-order valence-corrected chi connectivity index (χ2v) is 6.67. The van der Waals surface area contributed by atoms with E-state index in [1.165, 1.54) is 4.90 Å².